The van der Waals surface area contributed by atoms with E-state index in [1.165, 1.54) is 17.8 Å². The van der Waals surface area contributed by atoms with Crippen molar-refractivity contribution in [2.24, 2.45) is 0 Å². The van der Waals surface area contributed by atoms with Gasteiger partial charge in [-0.25, -0.2) is 4.79 Å². The summed E-state index contributed by atoms with van der Waals surface area (Å²) < 4.78 is 11.5. The number of Topliss-reactive ketones (excluding diaryl/α,β-unsaturated/α-hetero) is 1. The zero-order chi connectivity index (χ0) is 24.0. The summed E-state index contributed by atoms with van der Waals surface area (Å²) >= 11 is 5.89. The van der Waals surface area contributed by atoms with Crippen LogP contribution in [0, 0.1) is 29.6 Å². The Kier molecular flexibility index (Phi) is 8.29. The zero-order valence-corrected chi connectivity index (χ0v) is 20.9. The first-order valence-corrected chi connectivity index (χ1v) is 12.2. The Morgan fingerprint density at radius 1 is 1.27 bits per heavy atom. The van der Waals surface area contributed by atoms with Crippen LogP contribution in [-0.4, -0.2) is 18.4 Å². The van der Waals surface area contributed by atoms with Crippen molar-refractivity contribution >= 4 is 56.9 Å². The third kappa shape index (κ3) is 5.82. The minimum Gasteiger partial charge on any atom is -0.462 e. The Labute approximate surface area is 207 Å². The molecule has 0 saturated heterocycles. The Morgan fingerprint density at radius 2 is 2.00 bits per heavy atom. The first kappa shape index (κ1) is 24.5. The van der Waals surface area contributed by atoms with Crippen molar-refractivity contribution < 1.29 is 18.7 Å². The van der Waals surface area contributed by atoms with Gasteiger partial charge in [0.1, 0.15) is 22.8 Å². The molecule has 1 aromatic carbocycles. The smallest absolute Gasteiger partial charge is 0.348 e. The number of carbonyl (C=O) groups is 2. The summed E-state index contributed by atoms with van der Waals surface area (Å²) in [4.78, 5) is 26.7. The SMILES string of the molecule is CCOC(=O)c1sc(CC(=O)/C(C#N)=C/c2cc(Br)c(Sc3ccccc3)o2)c(C#N)c1C. The van der Waals surface area contributed by atoms with Crippen molar-refractivity contribution in [3.8, 4) is 12.1 Å². The highest BCUT2D eigenvalue weighted by Gasteiger charge is 2.23. The maximum atomic E-state index is 12.8. The highest BCUT2D eigenvalue weighted by Crippen LogP contribution is 2.36. The molecule has 0 atom stereocenters. The fraction of sp³-hybridized carbons (Fsp3) is 0.167. The van der Waals surface area contributed by atoms with E-state index in [0.717, 1.165) is 16.2 Å². The number of halogens is 1. The van der Waals surface area contributed by atoms with E-state index >= 15 is 0 Å². The molecule has 2 heterocycles. The van der Waals surface area contributed by atoms with Gasteiger partial charge in [-0.3, -0.25) is 4.79 Å². The van der Waals surface area contributed by atoms with E-state index in [2.05, 4.69) is 15.9 Å². The monoisotopic (exact) mass is 540 g/mol. The molecule has 0 radical (unpaired) electrons. The minimum absolute atomic E-state index is 0.111. The molecule has 0 amide bonds. The van der Waals surface area contributed by atoms with Crippen molar-refractivity contribution in [3.05, 3.63) is 73.1 Å². The van der Waals surface area contributed by atoms with Crippen molar-refractivity contribution in [2.75, 3.05) is 6.61 Å². The van der Waals surface area contributed by atoms with Gasteiger partial charge >= 0.3 is 5.97 Å². The number of carbonyl (C=O) groups excluding carboxylic acids is 2. The number of thiophene rings is 1. The molecule has 0 unspecified atom stereocenters. The number of ketones is 1. The van der Waals surface area contributed by atoms with Crippen molar-refractivity contribution in [3.63, 3.8) is 0 Å². The normalized spacial score (nSPS) is 11.0. The van der Waals surface area contributed by atoms with E-state index in [-0.39, 0.29) is 29.0 Å². The standard InChI is InChI=1S/C24H17BrN2O4S2/c1-3-30-23(29)22-14(2)18(13-27)21(33-22)11-20(28)15(12-26)9-16-10-19(25)24(31-16)32-17-7-5-4-6-8-17/h4-10H,3,11H2,1-2H3/b15-9+. The summed E-state index contributed by atoms with van der Waals surface area (Å²) in [5.41, 5.74) is 0.625. The number of hydrogen-bond donors (Lipinski definition) is 0. The van der Waals surface area contributed by atoms with Crippen LogP contribution in [0.25, 0.3) is 6.08 Å². The molecule has 0 aliphatic heterocycles. The number of rotatable bonds is 8. The fourth-order valence-corrected chi connectivity index (χ4v) is 5.40. The molecule has 3 rings (SSSR count). The number of nitriles is 2. The number of furan rings is 1. The largest absolute Gasteiger partial charge is 0.462 e. The van der Waals surface area contributed by atoms with Crippen LogP contribution in [0.15, 0.2) is 60.8 Å². The maximum absolute atomic E-state index is 12.8. The molecule has 166 valence electrons. The molecule has 0 aliphatic rings. The lowest BCUT2D eigenvalue weighted by Gasteiger charge is -1.99. The highest BCUT2D eigenvalue weighted by molar-refractivity contribution is 9.10. The number of esters is 1. The van der Waals surface area contributed by atoms with Crippen LogP contribution in [0.1, 0.15) is 38.4 Å². The lowest BCUT2D eigenvalue weighted by Crippen LogP contribution is -2.05. The Balaban J connectivity index is 1.83. The van der Waals surface area contributed by atoms with Crippen LogP contribution >= 0.6 is 39.0 Å². The Morgan fingerprint density at radius 3 is 2.64 bits per heavy atom. The lowest BCUT2D eigenvalue weighted by molar-refractivity contribution is -0.114. The summed E-state index contributed by atoms with van der Waals surface area (Å²) in [7, 11) is 0. The van der Waals surface area contributed by atoms with Crippen LogP contribution in [0.4, 0.5) is 0 Å². The molecule has 0 spiro atoms. The van der Waals surface area contributed by atoms with Crippen LogP contribution in [-0.2, 0) is 16.0 Å². The fourth-order valence-electron chi connectivity index (χ4n) is 2.90. The molecule has 0 fully saturated rings. The first-order valence-electron chi connectivity index (χ1n) is 9.74. The summed E-state index contributed by atoms with van der Waals surface area (Å²) in [6, 6.07) is 15.3. The molecule has 33 heavy (non-hydrogen) atoms. The second kappa shape index (κ2) is 11.2. The number of benzene rings is 1. The highest BCUT2D eigenvalue weighted by atomic mass is 79.9. The summed E-state index contributed by atoms with van der Waals surface area (Å²) in [5, 5.41) is 19.7. The van der Waals surface area contributed by atoms with Crippen LogP contribution < -0.4 is 0 Å². The van der Waals surface area contributed by atoms with Gasteiger partial charge in [-0.2, -0.15) is 10.5 Å². The Bertz CT molecular complexity index is 1310. The second-order valence-electron chi connectivity index (χ2n) is 6.66. The number of allylic oxidation sites excluding steroid dienone is 1. The molecule has 2 aromatic heterocycles. The summed E-state index contributed by atoms with van der Waals surface area (Å²) in [6.07, 6.45) is 1.20. The zero-order valence-electron chi connectivity index (χ0n) is 17.7. The predicted octanol–water partition coefficient (Wildman–Crippen LogP) is 6.33. The van der Waals surface area contributed by atoms with Crippen LogP contribution in [0.5, 0.6) is 0 Å². The van der Waals surface area contributed by atoms with Crippen LogP contribution in [0.2, 0.25) is 0 Å². The van der Waals surface area contributed by atoms with E-state index in [1.54, 1.807) is 19.9 Å². The maximum Gasteiger partial charge on any atom is 0.348 e. The quantitative estimate of drug-likeness (QED) is 0.186. The van der Waals surface area contributed by atoms with Gasteiger partial charge in [0.25, 0.3) is 0 Å². The molecule has 0 saturated carbocycles. The van der Waals surface area contributed by atoms with Gasteiger partial charge in [0.05, 0.1) is 22.2 Å². The van der Waals surface area contributed by atoms with E-state index in [9.17, 15) is 20.1 Å². The molecule has 0 aliphatic carbocycles. The molecule has 9 heteroatoms. The first-order chi connectivity index (χ1) is 15.9. The minimum atomic E-state index is -0.532. The molecular weight excluding hydrogens is 524 g/mol. The summed E-state index contributed by atoms with van der Waals surface area (Å²) in [5.74, 6) is -0.661. The van der Waals surface area contributed by atoms with Gasteiger partial charge in [0.2, 0.25) is 0 Å². The van der Waals surface area contributed by atoms with Gasteiger partial charge in [0, 0.05) is 22.3 Å². The predicted molar refractivity (Wildman–Crippen MR) is 129 cm³/mol. The van der Waals surface area contributed by atoms with Crippen LogP contribution in [0.3, 0.4) is 0 Å². The van der Waals surface area contributed by atoms with E-state index in [1.807, 2.05) is 42.5 Å². The van der Waals surface area contributed by atoms with Crippen molar-refractivity contribution in [1.82, 2.24) is 0 Å². The topological polar surface area (TPSA) is 104 Å². The molecular formula is C24H17BrN2O4S2. The van der Waals surface area contributed by atoms with E-state index < -0.39 is 11.8 Å². The number of hydrogen-bond acceptors (Lipinski definition) is 8. The third-order valence-electron chi connectivity index (χ3n) is 4.45. The second-order valence-corrected chi connectivity index (χ2v) is 9.66. The number of ether oxygens (including phenoxy) is 1. The van der Waals surface area contributed by atoms with Gasteiger partial charge in [-0.1, -0.05) is 30.0 Å². The molecule has 0 N–H and O–H groups in total. The van der Waals surface area contributed by atoms with Crippen molar-refractivity contribution in [1.29, 1.82) is 10.5 Å². The van der Waals surface area contributed by atoms with Gasteiger partial charge in [-0.15, -0.1) is 11.3 Å². The average molecular weight is 541 g/mol. The molecule has 0 bridgehead atoms. The number of nitrogens with zero attached hydrogens (tertiary/aromatic N) is 2. The van der Waals surface area contributed by atoms with Crippen molar-refractivity contribution in [2.45, 2.75) is 30.3 Å². The average Bonchev–Trinajstić information content (AvgIpc) is 3.31. The third-order valence-corrected chi connectivity index (χ3v) is 7.57. The van der Waals surface area contributed by atoms with E-state index in [4.69, 9.17) is 9.15 Å². The molecule has 6 nitrogen and oxygen atoms in total. The molecule has 3 aromatic rings. The lowest BCUT2D eigenvalue weighted by atomic mass is 10.0. The van der Waals surface area contributed by atoms with Gasteiger partial charge < -0.3 is 9.15 Å². The van der Waals surface area contributed by atoms with Gasteiger partial charge in [-0.05, 0) is 53.5 Å². The Hall–Kier alpha value is -3.11. The van der Waals surface area contributed by atoms with E-state index in [0.29, 0.717) is 25.8 Å². The van der Waals surface area contributed by atoms with Gasteiger partial charge in [0.15, 0.2) is 10.9 Å². The summed E-state index contributed by atoms with van der Waals surface area (Å²) in [6.45, 7) is 3.54.